The van der Waals surface area contributed by atoms with Gasteiger partial charge >= 0.3 is 5.69 Å². The van der Waals surface area contributed by atoms with Gasteiger partial charge in [-0.15, -0.1) is 5.10 Å². The number of thioether (sulfide) groups is 1. The van der Waals surface area contributed by atoms with Crippen molar-refractivity contribution < 1.29 is 9.53 Å². The molecule has 1 unspecified atom stereocenters. The summed E-state index contributed by atoms with van der Waals surface area (Å²) in [6, 6.07) is 7.33. The SMILES string of the molecule is O=C(CSc1n[nH]c(=O)n1CC1CCCO1)NCc1cccc(Cl)c1. The minimum absolute atomic E-state index is 0.0336. The molecule has 25 heavy (non-hydrogen) atoms. The van der Waals surface area contributed by atoms with E-state index < -0.39 is 0 Å². The number of nitrogens with zero attached hydrogens (tertiary/aromatic N) is 2. The van der Waals surface area contributed by atoms with Crippen LogP contribution in [-0.4, -0.2) is 39.1 Å². The Kier molecular flexibility index (Phi) is 6.17. The molecular formula is C16H19ClN4O3S. The smallest absolute Gasteiger partial charge is 0.344 e. The molecule has 1 atom stereocenters. The molecule has 1 aliphatic heterocycles. The van der Waals surface area contributed by atoms with Crippen LogP contribution in [0.2, 0.25) is 5.02 Å². The first-order valence-electron chi connectivity index (χ1n) is 8.02. The molecule has 1 aromatic carbocycles. The van der Waals surface area contributed by atoms with E-state index in [1.807, 2.05) is 18.2 Å². The summed E-state index contributed by atoms with van der Waals surface area (Å²) >= 11 is 7.14. The fourth-order valence-corrected chi connectivity index (χ4v) is 3.59. The van der Waals surface area contributed by atoms with Gasteiger partial charge in [0.25, 0.3) is 0 Å². The van der Waals surface area contributed by atoms with E-state index in [4.69, 9.17) is 16.3 Å². The van der Waals surface area contributed by atoms with Crippen LogP contribution in [0.25, 0.3) is 0 Å². The number of aromatic amines is 1. The van der Waals surface area contributed by atoms with Gasteiger partial charge in [0, 0.05) is 18.2 Å². The number of hydrogen-bond donors (Lipinski definition) is 2. The second-order valence-corrected chi connectivity index (χ2v) is 7.13. The Morgan fingerprint density at radius 3 is 3.16 bits per heavy atom. The Morgan fingerprint density at radius 2 is 2.40 bits per heavy atom. The number of hydrogen-bond acceptors (Lipinski definition) is 5. The third kappa shape index (κ3) is 5.10. The van der Waals surface area contributed by atoms with Crippen molar-refractivity contribution in [2.24, 2.45) is 0 Å². The number of H-pyrrole nitrogens is 1. The van der Waals surface area contributed by atoms with Gasteiger partial charge in [-0.3, -0.25) is 9.36 Å². The number of aromatic nitrogens is 3. The van der Waals surface area contributed by atoms with Crippen LogP contribution in [0.1, 0.15) is 18.4 Å². The number of carbonyl (C=O) groups is 1. The molecule has 9 heteroatoms. The minimum Gasteiger partial charge on any atom is -0.376 e. The molecule has 0 spiro atoms. The highest BCUT2D eigenvalue weighted by Gasteiger charge is 2.20. The third-order valence-electron chi connectivity index (χ3n) is 3.84. The molecule has 2 aromatic rings. The molecular weight excluding hydrogens is 364 g/mol. The van der Waals surface area contributed by atoms with Gasteiger partial charge in [0.05, 0.1) is 18.4 Å². The van der Waals surface area contributed by atoms with Crippen molar-refractivity contribution in [3.05, 3.63) is 45.3 Å². The summed E-state index contributed by atoms with van der Waals surface area (Å²) in [5.74, 6) is 0.0419. The molecule has 1 saturated heterocycles. The first kappa shape index (κ1) is 18.0. The lowest BCUT2D eigenvalue weighted by molar-refractivity contribution is -0.118. The third-order valence-corrected chi connectivity index (χ3v) is 5.06. The number of benzene rings is 1. The second-order valence-electron chi connectivity index (χ2n) is 5.75. The predicted octanol–water partition coefficient (Wildman–Crippen LogP) is 1.81. The van der Waals surface area contributed by atoms with E-state index in [0.29, 0.717) is 23.3 Å². The van der Waals surface area contributed by atoms with Gasteiger partial charge in [0.2, 0.25) is 5.91 Å². The lowest BCUT2D eigenvalue weighted by atomic mass is 10.2. The highest BCUT2D eigenvalue weighted by Crippen LogP contribution is 2.18. The normalized spacial score (nSPS) is 16.9. The highest BCUT2D eigenvalue weighted by molar-refractivity contribution is 7.99. The lowest BCUT2D eigenvalue weighted by Crippen LogP contribution is -2.26. The highest BCUT2D eigenvalue weighted by atomic mass is 35.5. The fraction of sp³-hybridized carbons (Fsp3) is 0.438. The van der Waals surface area contributed by atoms with Crippen LogP contribution >= 0.6 is 23.4 Å². The van der Waals surface area contributed by atoms with Crippen molar-refractivity contribution in [1.82, 2.24) is 20.1 Å². The van der Waals surface area contributed by atoms with Crippen LogP contribution in [0.4, 0.5) is 0 Å². The number of halogens is 1. The Morgan fingerprint density at radius 1 is 1.52 bits per heavy atom. The first-order valence-corrected chi connectivity index (χ1v) is 9.39. The van der Waals surface area contributed by atoms with E-state index in [9.17, 15) is 9.59 Å². The van der Waals surface area contributed by atoms with Gasteiger partial charge < -0.3 is 10.1 Å². The van der Waals surface area contributed by atoms with Gasteiger partial charge in [-0.1, -0.05) is 35.5 Å². The monoisotopic (exact) mass is 382 g/mol. The van der Waals surface area contributed by atoms with E-state index in [2.05, 4.69) is 15.5 Å². The average molecular weight is 383 g/mol. The summed E-state index contributed by atoms with van der Waals surface area (Å²) < 4.78 is 7.09. The van der Waals surface area contributed by atoms with Crippen LogP contribution < -0.4 is 11.0 Å². The molecule has 0 aliphatic carbocycles. The van der Waals surface area contributed by atoms with Crippen molar-refractivity contribution in [3.63, 3.8) is 0 Å². The zero-order chi connectivity index (χ0) is 17.6. The molecule has 0 bridgehead atoms. The van der Waals surface area contributed by atoms with E-state index in [1.165, 1.54) is 16.3 Å². The maximum absolute atomic E-state index is 12.0. The summed E-state index contributed by atoms with van der Waals surface area (Å²) in [6.07, 6.45) is 1.97. The Bertz CT molecular complexity index is 786. The van der Waals surface area contributed by atoms with Gasteiger partial charge in [0.1, 0.15) is 0 Å². The molecule has 2 N–H and O–H groups in total. The van der Waals surface area contributed by atoms with Gasteiger partial charge in [-0.2, -0.15) is 0 Å². The van der Waals surface area contributed by atoms with Gasteiger partial charge in [0.15, 0.2) is 5.16 Å². The summed E-state index contributed by atoms with van der Waals surface area (Å²) in [4.78, 5) is 23.9. The number of rotatable bonds is 7. The molecule has 1 amide bonds. The number of amides is 1. The minimum atomic E-state index is -0.280. The van der Waals surface area contributed by atoms with Gasteiger partial charge in [-0.05, 0) is 30.5 Å². The molecule has 1 aromatic heterocycles. The molecule has 134 valence electrons. The van der Waals surface area contributed by atoms with E-state index in [0.717, 1.165) is 25.0 Å². The molecule has 1 fully saturated rings. The molecule has 1 aliphatic rings. The summed E-state index contributed by atoms with van der Waals surface area (Å²) in [6.45, 7) is 1.59. The van der Waals surface area contributed by atoms with E-state index in [-0.39, 0.29) is 23.5 Å². The molecule has 0 radical (unpaired) electrons. The maximum Gasteiger partial charge on any atom is 0.344 e. The van der Waals surface area contributed by atoms with Crippen molar-refractivity contribution in [2.75, 3.05) is 12.4 Å². The van der Waals surface area contributed by atoms with Gasteiger partial charge in [-0.25, -0.2) is 9.89 Å². The van der Waals surface area contributed by atoms with Crippen molar-refractivity contribution >= 4 is 29.3 Å². The van der Waals surface area contributed by atoms with Crippen LogP contribution in [0.3, 0.4) is 0 Å². The van der Waals surface area contributed by atoms with Crippen LogP contribution in [-0.2, 0) is 22.6 Å². The van der Waals surface area contributed by atoms with Crippen molar-refractivity contribution in [3.8, 4) is 0 Å². The number of carbonyl (C=O) groups excluding carboxylic acids is 1. The quantitative estimate of drug-likeness (QED) is 0.713. The summed E-state index contributed by atoms with van der Waals surface area (Å²) in [5, 5.41) is 10.4. The maximum atomic E-state index is 12.0. The van der Waals surface area contributed by atoms with E-state index in [1.54, 1.807) is 6.07 Å². The fourth-order valence-electron chi connectivity index (χ4n) is 2.60. The zero-order valence-corrected chi connectivity index (χ0v) is 15.1. The topological polar surface area (TPSA) is 89.0 Å². The largest absolute Gasteiger partial charge is 0.376 e. The van der Waals surface area contributed by atoms with Crippen LogP contribution in [0.15, 0.2) is 34.2 Å². The predicted molar refractivity (Wildman–Crippen MR) is 95.8 cm³/mol. The van der Waals surface area contributed by atoms with Crippen LogP contribution in [0, 0.1) is 0 Å². The Labute approximate surface area is 154 Å². The molecule has 2 heterocycles. The Hall–Kier alpha value is -1.77. The van der Waals surface area contributed by atoms with E-state index >= 15 is 0 Å². The zero-order valence-electron chi connectivity index (χ0n) is 13.5. The number of nitrogens with one attached hydrogen (secondary N) is 2. The summed E-state index contributed by atoms with van der Waals surface area (Å²) in [7, 11) is 0. The van der Waals surface area contributed by atoms with Crippen molar-refractivity contribution in [2.45, 2.75) is 37.2 Å². The average Bonchev–Trinajstić information content (AvgIpc) is 3.23. The summed E-state index contributed by atoms with van der Waals surface area (Å²) in [5.41, 5.74) is 0.651. The second kappa shape index (κ2) is 8.55. The number of ether oxygens (including phenoxy) is 1. The van der Waals surface area contributed by atoms with Crippen LogP contribution in [0.5, 0.6) is 0 Å². The Balaban J connectivity index is 1.51. The lowest BCUT2D eigenvalue weighted by Gasteiger charge is -2.11. The van der Waals surface area contributed by atoms with Crippen molar-refractivity contribution in [1.29, 1.82) is 0 Å². The molecule has 0 saturated carbocycles. The molecule has 7 nitrogen and oxygen atoms in total. The standard InChI is InChI=1S/C16H19ClN4O3S/c17-12-4-1-3-11(7-12)8-18-14(22)10-25-16-20-19-15(23)21(16)9-13-5-2-6-24-13/h1,3-4,7,13H,2,5-6,8-10H2,(H,18,22)(H,19,23). The first-order chi connectivity index (χ1) is 12.1. The molecule has 3 rings (SSSR count).